The maximum atomic E-state index is 10.9. The molecular weight excluding hydrogens is 190 g/mol. The van der Waals surface area contributed by atoms with Gasteiger partial charge in [0.1, 0.15) is 5.78 Å². The molecule has 0 atom stereocenters. The van der Waals surface area contributed by atoms with Crippen LogP contribution in [-0.2, 0) is 4.79 Å². The number of carbonyl (C=O) groups is 1. The van der Waals surface area contributed by atoms with E-state index < -0.39 is 0 Å². The fourth-order valence-corrected chi connectivity index (χ4v) is 1.23. The first-order valence-electron chi connectivity index (χ1n) is 5.03. The summed E-state index contributed by atoms with van der Waals surface area (Å²) in [7, 11) is 1.81. The maximum absolute atomic E-state index is 10.9. The first-order valence-corrected chi connectivity index (χ1v) is 5.03. The Bertz CT molecular complexity index is 332. The van der Waals surface area contributed by atoms with Crippen LogP contribution in [0.3, 0.4) is 0 Å². The molecule has 0 fully saturated rings. The van der Waals surface area contributed by atoms with Gasteiger partial charge in [0.2, 0.25) is 5.95 Å². The number of anilines is 1. The molecule has 0 saturated heterocycles. The summed E-state index contributed by atoms with van der Waals surface area (Å²) in [6.07, 6.45) is 3.62. The van der Waals surface area contributed by atoms with Crippen LogP contribution in [0.25, 0.3) is 0 Å². The predicted octanol–water partition coefficient (Wildman–Crippen LogP) is 1.63. The van der Waals surface area contributed by atoms with E-state index in [1.165, 1.54) is 0 Å². The van der Waals surface area contributed by atoms with Crippen LogP contribution in [0.5, 0.6) is 0 Å². The summed E-state index contributed by atoms with van der Waals surface area (Å²) < 4.78 is 0. The first-order chi connectivity index (χ1) is 7.00. The number of rotatable bonds is 4. The van der Waals surface area contributed by atoms with Crippen molar-refractivity contribution >= 4 is 11.7 Å². The van der Waals surface area contributed by atoms with Gasteiger partial charge in [0.25, 0.3) is 0 Å². The van der Waals surface area contributed by atoms with E-state index in [4.69, 9.17) is 0 Å². The van der Waals surface area contributed by atoms with Gasteiger partial charge in [0.15, 0.2) is 0 Å². The summed E-state index contributed by atoms with van der Waals surface area (Å²) in [5.74, 6) is 1.13. The lowest BCUT2D eigenvalue weighted by molar-refractivity contribution is -0.115. The normalized spacial score (nSPS) is 10.5. The van der Waals surface area contributed by atoms with E-state index in [-0.39, 0.29) is 5.78 Å². The zero-order valence-electron chi connectivity index (χ0n) is 9.69. The predicted molar refractivity (Wildman–Crippen MR) is 60.1 cm³/mol. The van der Waals surface area contributed by atoms with Crippen LogP contribution in [0, 0.1) is 0 Å². The van der Waals surface area contributed by atoms with Crippen LogP contribution >= 0.6 is 0 Å². The fourth-order valence-electron chi connectivity index (χ4n) is 1.23. The Hall–Kier alpha value is -1.45. The molecule has 0 aromatic carbocycles. The van der Waals surface area contributed by atoms with Gasteiger partial charge in [-0.05, 0) is 18.4 Å². The molecule has 0 saturated carbocycles. The third-order valence-electron chi connectivity index (χ3n) is 2.13. The van der Waals surface area contributed by atoms with Gasteiger partial charge in [-0.3, -0.25) is 4.79 Å². The molecule has 0 bridgehead atoms. The van der Waals surface area contributed by atoms with Gasteiger partial charge in [-0.2, -0.15) is 0 Å². The lowest BCUT2D eigenvalue weighted by Gasteiger charge is -2.15. The van der Waals surface area contributed by atoms with Crippen molar-refractivity contribution in [2.45, 2.75) is 26.7 Å². The Morgan fingerprint density at radius 1 is 1.40 bits per heavy atom. The third-order valence-corrected chi connectivity index (χ3v) is 2.13. The number of hydrogen-bond acceptors (Lipinski definition) is 4. The lowest BCUT2D eigenvalue weighted by atomic mass is 10.1. The summed E-state index contributed by atoms with van der Waals surface area (Å²) in [6.45, 7) is 6.09. The molecular formula is C11H17N3O. The second kappa shape index (κ2) is 4.87. The number of aromatic nitrogens is 2. The Balaban J connectivity index is 2.75. The summed E-state index contributed by atoms with van der Waals surface area (Å²) in [5, 5.41) is 0. The van der Waals surface area contributed by atoms with Gasteiger partial charge in [-0.1, -0.05) is 13.8 Å². The highest BCUT2D eigenvalue weighted by molar-refractivity contribution is 5.80. The van der Waals surface area contributed by atoms with Crippen molar-refractivity contribution < 1.29 is 4.79 Å². The van der Waals surface area contributed by atoms with Crippen molar-refractivity contribution in [2.24, 2.45) is 0 Å². The van der Waals surface area contributed by atoms with Crippen LogP contribution in [0.1, 0.15) is 32.3 Å². The molecule has 15 heavy (non-hydrogen) atoms. The Kier molecular flexibility index (Phi) is 3.77. The van der Waals surface area contributed by atoms with Crippen molar-refractivity contribution in [1.82, 2.24) is 9.97 Å². The van der Waals surface area contributed by atoms with Gasteiger partial charge in [0.05, 0.1) is 6.54 Å². The van der Waals surface area contributed by atoms with Crippen molar-refractivity contribution in [3.05, 3.63) is 18.0 Å². The quantitative estimate of drug-likeness (QED) is 0.752. The molecule has 1 aromatic rings. The second-order valence-corrected chi connectivity index (χ2v) is 4.03. The monoisotopic (exact) mass is 207 g/mol. The molecule has 0 radical (unpaired) electrons. The molecule has 0 unspecified atom stereocenters. The van der Waals surface area contributed by atoms with Crippen LogP contribution in [0.15, 0.2) is 12.4 Å². The minimum atomic E-state index is 0.106. The van der Waals surface area contributed by atoms with Gasteiger partial charge < -0.3 is 4.90 Å². The van der Waals surface area contributed by atoms with Crippen LogP contribution in [0.2, 0.25) is 0 Å². The molecule has 1 aromatic heterocycles. The highest BCUT2D eigenvalue weighted by Crippen LogP contribution is 2.13. The van der Waals surface area contributed by atoms with Crippen molar-refractivity contribution in [1.29, 1.82) is 0 Å². The molecule has 4 nitrogen and oxygen atoms in total. The molecule has 0 amide bonds. The van der Waals surface area contributed by atoms with E-state index in [0.29, 0.717) is 18.4 Å². The molecule has 0 spiro atoms. The molecule has 0 aliphatic heterocycles. The van der Waals surface area contributed by atoms with Crippen molar-refractivity contribution in [3.63, 3.8) is 0 Å². The molecule has 1 heterocycles. The zero-order valence-corrected chi connectivity index (χ0v) is 9.69. The summed E-state index contributed by atoms with van der Waals surface area (Å²) in [6, 6.07) is 0. The average Bonchev–Trinajstić information content (AvgIpc) is 2.17. The molecule has 1 rings (SSSR count). The Morgan fingerprint density at radius 3 is 2.33 bits per heavy atom. The fraction of sp³-hybridized carbons (Fsp3) is 0.545. The third kappa shape index (κ3) is 3.31. The number of nitrogens with zero attached hydrogens (tertiary/aromatic N) is 3. The van der Waals surface area contributed by atoms with Crippen molar-refractivity contribution in [2.75, 3.05) is 18.5 Å². The average molecular weight is 207 g/mol. The number of hydrogen-bond donors (Lipinski definition) is 0. The van der Waals surface area contributed by atoms with Crippen LogP contribution in [-0.4, -0.2) is 29.3 Å². The molecule has 4 heteroatoms. The number of ketones is 1. The minimum Gasteiger partial charge on any atom is -0.337 e. The maximum Gasteiger partial charge on any atom is 0.225 e. The molecule has 0 aliphatic rings. The topological polar surface area (TPSA) is 46.1 Å². The van der Waals surface area contributed by atoms with Gasteiger partial charge >= 0.3 is 0 Å². The first kappa shape index (κ1) is 11.6. The van der Waals surface area contributed by atoms with E-state index in [0.717, 1.165) is 5.56 Å². The van der Waals surface area contributed by atoms with E-state index in [1.807, 2.05) is 19.4 Å². The highest BCUT2D eigenvalue weighted by atomic mass is 16.1. The molecule has 0 aliphatic carbocycles. The lowest BCUT2D eigenvalue weighted by Crippen LogP contribution is -2.25. The zero-order chi connectivity index (χ0) is 11.4. The minimum absolute atomic E-state index is 0.106. The second-order valence-electron chi connectivity index (χ2n) is 4.03. The van der Waals surface area contributed by atoms with Crippen LogP contribution in [0.4, 0.5) is 5.95 Å². The molecule has 82 valence electrons. The summed E-state index contributed by atoms with van der Waals surface area (Å²) in [5.41, 5.74) is 1.11. The number of carbonyl (C=O) groups excluding carboxylic acids is 1. The molecule has 0 N–H and O–H groups in total. The van der Waals surface area contributed by atoms with E-state index in [9.17, 15) is 4.79 Å². The summed E-state index contributed by atoms with van der Waals surface area (Å²) in [4.78, 5) is 21.1. The van der Waals surface area contributed by atoms with E-state index in [2.05, 4.69) is 23.8 Å². The Labute approximate surface area is 90.3 Å². The smallest absolute Gasteiger partial charge is 0.225 e. The largest absolute Gasteiger partial charge is 0.337 e. The SMILES string of the molecule is CC(=O)CN(C)c1ncc(C(C)C)cn1. The van der Waals surface area contributed by atoms with Gasteiger partial charge in [-0.15, -0.1) is 0 Å². The van der Waals surface area contributed by atoms with Crippen LogP contribution < -0.4 is 4.90 Å². The van der Waals surface area contributed by atoms with E-state index >= 15 is 0 Å². The summed E-state index contributed by atoms with van der Waals surface area (Å²) >= 11 is 0. The number of Topliss-reactive ketones (excluding diaryl/α,β-unsaturated/α-hetero) is 1. The number of likely N-dealkylation sites (N-methyl/N-ethyl adjacent to an activating group) is 1. The standard InChI is InChI=1S/C11H17N3O/c1-8(2)10-5-12-11(13-6-10)14(4)7-9(3)15/h5-6,8H,7H2,1-4H3. The van der Waals surface area contributed by atoms with E-state index in [1.54, 1.807) is 11.8 Å². The Morgan fingerprint density at radius 2 is 1.93 bits per heavy atom. The van der Waals surface area contributed by atoms with Crippen molar-refractivity contribution in [3.8, 4) is 0 Å². The van der Waals surface area contributed by atoms with Gasteiger partial charge in [0, 0.05) is 19.4 Å². The van der Waals surface area contributed by atoms with Gasteiger partial charge in [-0.25, -0.2) is 9.97 Å². The highest BCUT2D eigenvalue weighted by Gasteiger charge is 2.07.